The molecule has 1 heterocycles. The summed E-state index contributed by atoms with van der Waals surface area (Å²) in [5, 5.41) is 8.00. The number of hydrogen-bond donors (Lipinski definition) is 1. The summed E-state index contributed by atoms with van der Waals surface area (Å²) in [7, 11) is 1.70. The average molecular weight is 281 g/mol. The van der Waals surface area contributed by atoms with E-state index in [4.69, 9.17) is 9.47 Å². The predicted octanol–water partition coefficient (Wildman–Crippen LogP) is 2.38. The first kappa shape index (κ1) is 15.3. The van der Waals surface area contributed by atoms with Crippen LogP contribution in [0.5, 0.6) is 5.75 Å². The summed E-state index contributed by atoms with van der Waals surface area (Å²) in [5.41, 5.74) is 1.11. The van der Waals surface area contributed by atoms with Crippen LogP contribution in [0, 0.1) is 5.92 Å². The van der Waals surface area contributed by atoms with Gasteiger partial charge < -0.3 is 14.8 Å². The lowest BCUT2D eigenvalue weighted by Gasteiger charge is -2.29. The topological polar surface area (TPSA) is 48.3 Å². The number of aromatic nitrogens is 2. The minimum atomic E-state index is 0.143. The largest absolute Gasteiger partial charge is 0.493 e. The highest BCUT2D eigenvalue weighted by molar-refractivity contribution is 5.30. The number of rotatable bonds is 9. The zero-order valence-corrected chi connectivity index (χ0v) is 13.1. The molecular weight excluding hydrogens is 254 g/mol. The molecule has 0 spiro atoms. The molecule has 20 heavy (non-hydrogen) atoms. The number of aryl methyl sites for hydroxylation is 1. The lowest BCUT2D eigenvalue weighted by molar-refractivity contribution is 0.0162. The van der Waals surface area contributed by atoms with E-state index in [1.807, 2.05) is 4.68 Å². The molecule has 1 fully saturated rings. The van der Waals surface area contributed by atoms with Crippen molar-refractivity contribution in [1.29, 1.82) is 0 Å². The maximum absolute atomic E-state index is 6.04. The van der Waals surface area contributed by atoms with Crippen molar-refractivity contribution >= 4 is 0 Å². The van der Waals surface area contributed by atoms with Crippen molar-refractivity contribution in [3.63, 3.8) is 0 Å². The van der Waals surface area contributed by atoms with Crippen LogP contribution >= 0.6 is 0 Å². The highest BCUT2D eigenvalue weighted by Crippen LogP contribution is 2.41. The van der Waals surface area contributed by atoms with Crippen LogP contribution in [-0.2, 0) is 11.3 Å². The Kier molecular flexibility index (Phi) is 5.43. The molecular formula is C15H27N3O2. The van der Waals surface area contributed by atoms with E-state index in [1.165, 1.54) is 12.8 Å². The Morgan fingerprint density at radius 1 is 1.40 bits per heavy atom. The van der Waals surface area contributed by atoms with E-state index in [0.717, 1.165) is 31.1 Å². The molecule has 1 aliphatic rings. The van der Waals surface area contributed by atoms with E-state index in [2.05, 4.69) is 31.2 Å². The third-order valence-electron chi connectivity index (χ3n) is 3.86. The Balaban J connectivity index is 2.32. The number of hydrogen-bond acceptors (Lipinski definition) is 4. The van der Waals surface area contributed by atoms with E-state index in [0.29, 0.717) is 5.92 Å². The molecule has 0 saturated heterocycles. The van der Waals surface area contributed by atoms with Crippen LogP contribution in [0.15, 0.2) is 6.20 Å². The highest BCUT2D eigenvalue weighted by atomic mass is 16.5. The third-order valence-corrected chi connectivity index (χ3v) is 3.86. The van der Waals surface area contributed by atoms with Crippen molar-refractivity contribution < 1.29 is 9.47 Å². The SMILES string of the molecule is CCNC(c1c(OC)cnn1CC)C(OCC)C1CC1. The molecule has 5 nitrogen and oxygen atoms in total. The van der Waals surface area contributed by atoms with E-state index in [1.54, 1.807) is 13.3 Å². The summed E-state index contributed by atoms with van der Waals surface area (Å²) in [5.74, 6) is 1.51. The van der Waals surface area contributed by atoms with Crippen LogP contribution in [-0.4, -0.2) is 36.1 Å². The zero-order chi connectivity index (χ0) is 14.5. The lowest BCUT2D eigenvalue weighted by atomic mass is 10.0. The molecule has 1 aromatic heterocycles. The minimum Gasteiger partial charge on any atom is -0.493 e. The Morgan fingerprint density at radius 3 is 2.65 bits per heavy atom. The van der Waals surface area contributed by atoms with E-state index >= 15 is 0 Å². The number of ether oxygens (including phenoxy) is 2. The fourth-order valence-electron chi connectivity index (χ4n) is 2.81. The fourth-order valence-corrected chi connectivity index (χ4v) is 2.81. The molecule has 0 radical (unpaired) electrons. The third kappa shape index (κ3) is 3.15. The minimum absolute atomic E-state index is 0.143. The zero-order valence-electron chi connectivity index (χ0n) is 13.1. The van der Waals surface area contributed by atoms with E-state index in [-0.39, 0.29) is 12.1 Å². The normalized spacial score (nSPS) is 18.0. The molecule has 2 rings (SSSR count). The average Bonchev–Trinajstić information content (AvgIpc) is 3.22. The molecule has 0 aliphatic heterocycles. The molecule has 0 aromatic carbocycles. The molecule has 1 aliphatic carbocycles. The van der Waals surface area contributed by atoms with Crippen LogP contribution in [0.1, 0.15) is 45.3 Å². The Bertz CT molecular complexity index is 394. The van der Waals surface area contributed by atoms with Gasteiger partial charge in [-0.2, -0.15) is 5.10 Å². The van der Waals surface area contributed by atoms with Gasteiger partial charge in [0.15, 0.2) is 5.75 Å². The van der Waals surface area contributed by atoms with Gasteiger partial charge in [-0.25, -0.2) is 0 Å². The molecule has 1 N–H and O–H groups in total. The monoisotopic (exact) mass is 281 g/mol. The van der Waals surface area contributed by atoms with Crippen molar-refractivity contribution in [2.45, 2.75) is 52.3 Å². The van der Waals surface area contributed by atoms with Gasteiger partial charge in [-0.3, -0.25) is 4.68 Å². The van der Waals surface area contributed by atoms with Gasteiger partial charge in [0, 0.05) is 13.2 Å². The van der Waals surface area contributed by atoms with Crippen LogP contribution < -0.4 is 10.1 Å². The van der Waals surface area contributed by atoms with Crippen molar-refractivity contribution in [2.75, 3.05) is 20.3 Å². The summed E-state index contributed by atoms with van der Waals surface area (Å²) >= 11 is 0. The van der Waals surface area contributed by atoms with Crippen molar-refractivity contribution in [3.05, 3.63) is 11.9 Å². The second kappa shape index (κ2) is 7.09. The van der Waals surface area contributed by atoms with Gasteiger partial charge in [-0.15, -0.1) is 0 Å². The Labute approximate surface area is 121 Å². The standard InChI is InChI=1S/C15H27N3O2/c1-5-16-13(15(20-7-3)11-8-9-11)14-12(19-4)10-17-18(14)6-2/h10-11,13,15-16H,5-9H2,1-4H3. The molecule has 114 valence electrons. The predicted molar refractivity (Wildman–Crippen MR) is 79.0 cm³/mol. The second-order valence-electron chi connectivity index (χ2n) is 5.21. The highest BCUT2D eigenvalue weighted by Gasteiger charge is 2.40. The smallest absolute Gasteiger partial charge is 0.161 e. The first-order valence-electron chi connectivity index (χ1n) is 7.71. The van der Waals surface area contributed by atoms with Crippen LogP contribution in [0.2, 0.25) is 0 Å². The summed E-state index contributed by atoms with van der Waals surface area (Å²) in [6, 6.07) is 0.143. The summed E-state index contributed by atoms with van der Waals surface area (Å²) in [6.07, 6.45) is 4.53. The van der Waals surface area contributed by atoms with Gasteiger partial charge in [0.25, 0.3) is 0 Å². The van der Waals surface area contributed by atoms with E-state index in [9.17, 15) is 0 Å². The second-order valence-corrected chi connectivity index (χ2v) is 5.21. The quantitative estimate of drug-likeness (QED) is 0.755. The summed E-state index contributed by atoms with van der Waals surface area (Å²) < 4.78 is 13.6. The number of likely N-dealkylation sites (N-methyl/N-ethyl adjacent to an activating group) is 1. The fraction of sp³-hybridized carbons (Fsp3) is 0.800. The maximum atomic E-state index is 6.04. The van der Waals surface area contributed by atoms with Crippen LogP contribution in [0.3, 0.4) is 0 Å². The number of nitrogens with one attached hydrogen (secondary N) is 1. The first-order chi connectivity index (χ1) is 9.76. The van der Waals surface area contributed by atoms with Gasteiger partial charge in [0.1, 0.15) is 0 Å². The molecule has 0 bridgehead atoms. The van der Waals surface area contributed by atoms with Crippen molar-refractivity contribution in [2.24, 2.45) is 5.92 Å². The van der Waals surface area contributed by atoms with Crippen LogP contribution in [0.4, 0.5) is 0 Å². The van der Waals surface area contributed by atoms with E-state index < -0.39 is 0 Å². The maximum Gasteiger partial charge on any atom is 0.161 e. The first-order valence-corrected chi connectivity index (χ1v) is 7.71. The molecule has 2 unspecified atom stereocenters. The summed E-state index contributed by atoms with van der Waals surface area (Å²) in [4.78, 5) is 0. The molecule has 2 atom stereocenters. The lowest BCUT2D eigenvalue weighted by Crippen LogP contribution is -2.37. The Morgan fingerprint density at radius 2 is 2.15 bits per heavy atom. The van der Waals surface area contributed by atoms with Crippen molar-refractivity contribution in [3.8, 4) is 5.75 Å². The molecule has 1 aromatic rings. The van der Waals surface area contributed by atoms with Crippen LogP contribution in [0.25, 0.3) is 0 Å². The van der Waals surface area contributed by atoms with Gasteiger partial charge in [0.05, 0.1) is 31.1 Å². The number of methoxy groups -OCH3 is 1. The van der Waals surface area contributed by atoms with Gasteiger partial charge in [-0.1, -0.05) is 6.92 Å². The molecule has 0 amide bonds. The van der Waals surface area contributed by atoms with Gasteiger partial charge in [-0.05, 0) is 39.2 Å². The van der Waals surface area contributed by atoms with Gasteiger partial charge in [0.2, 0.25) is 0 Å². The molecule has 5 heteroatoms. The number of nitrogens with zero attached hydrogens (tertiary/aromatic N) is 2. The van der Waals surface area contributed by atoms with Gasteiger partial charge >= 0.3 is 0 Å². The summed E-state index contributed by atoms with van der Waals surface area (Å²) in [6.45, 7) is 8.77. The Hall–Kier alpha value is -1.07. The van der Waals surface area contributed by atoms with Crippen molar-refractivity contribution in [1.82, 2.24) is 15.1 Å². The molecule has 1 saturated carbocycles.